The molecule has 0 saturated heterocycles. The van der Waals surface area contributed by atoms with Crippen LogP contribution in [-0.4, -0.2) is 17.8 Å². The molecule has 2 nitrogen and oxygen atoms in total. The van der Waals surface area contributed by atoms with Crippen LogP contribution in [0.5, 0.6) is 0 Å². The fourth-order valence-corrected chi connectivity index (χ4v) is 1.31. The van der Waals surface area contributed by atoms with Gasteiger partial charge in [0.25, 0.3) is 0 Å². The number of rotatable bonds is 3. The smallest absolute Gasteiger partial charge is 0.395 e. The van der Waals surface area contributed by atoms with E-state index >= 15 is 0 Å². The summed E-state index contributed by atoms with van der Waals surface area (Å²) < 4.78 is 63.0. The second-order valence-corrected chi connectivity index (χ2v) is 3.54. The van der Waals surface area contributed by atoms with Crippen molar-refractivity contribution in [3.63, 3.8) is 0 Å². The molecule has 1 atom stereocenters. The molecule has 0 amide bonds. The van der Waals surface area contributed by atoms with Gasteiger partial charge < -0.3 is 10.8 Å². The molecule has 0 radical (unpaired) electrons. The van der Waals surface area contributed by atoms with Gasteiger partial charge in [-0.2, -0.15) is 13.2 Å². The molecule has 0 bridgehead atoms. The molecule has 96 valence electrons. The van der Waals surface area contributed by atoms with Gasteiger partial charge in [0.1, 0.15) is 0 Å². The minimum absolute atomic E-state index is 0.239. The van der Waals surface area contributed by atoms with Crippen LogP contribution in [0.1, 0.15) is 11.1 Å². The Morgan fingerprint density at radius 3 is 2.24 bits per heavy atom. The molecule has 1 unspecified atom stereocenters. The highest BCUT2D eigenvalue weighted by atomic mass is 19.4. The topological polar surface area (TPSA) is 46.2 Å². The van der Waals surface area contributed by atoms with Crippen molar-refractivity contribution in [1.29, 1.82) is 0 Å². The van der Waals surface area contributed by atoms with Crippen molar-refractivity contribution in [2.24, 2.45) is 5.73 Å². The number of nitrogens with two attached hydrogens (primary N) is 1. The summed E-state index contributed by atoms with van der Waals surface area (Å²) in [6.07, 6.45) is -5.18. The normalized spacial score (nSPS) is 13.8. The zero-order chi connectivity index (χ0) is 13.2. The van der Waals surface area contributed by atoms with Gasteiger partial charge in [0.05, 0.1) is 12.2 Å². The Hall–Kier alpha value is -1.21. The number of halogens is 5. The molecular formula is C10H10F5NO. The predicted molar refractivity (Wildman–Crippen MR) is 50.1 cm³/mol. The molecule has 17 heavy (non-hydrogen) atoms. The summed E-state index contributed by atoms with van der Waals surface area (Å²) in [5.74, 6) is -3.52. The van der Waals surface area contributed by atoms with Gasteiger partial charge in [-0.05, 0) is 18.1 Å². The molecule has 0 fully saturated rings. The molecule has 0 heterocycles. The maximum Gasteiger partial charge on any atom is 0.419 e. The van der Waals surface area contributed by atoms with E-state index in [1.165, 1.54) is 0 Å². The largest absolute Gasteiger partial charge is 0.419 e. The van der Waals surface area contributed by atoms with Gasteiger partial charge in [-0.15, -0.1) is 0 Å². The van der Waals surface area contributed by atoms with Crippen molar-refractivity contribution >= 4 is 0 Å². The van der Waals surface area contributed by atoms with Gasteiger partial charge in [-0.25, -0.2) is 8.78 Å². The average Bonchev–Trinajstić information content (AvgIpc) is 2.22. The highest BCUT2D eigenvalue weighted by molar-refractivity contribution is 5.28. The quantitative estimate of drug-likeness (QED) is 0.809. The van der Waals surface area contributed by atoms with Crippen LogP contribution in [0.25, 0.3) is 0 Å². The number of aliphatic hydroxyl groups is 1. The number of hydrogen-bond donors (Lipinski definition) is 2. The van der Waals surface area contributed by atoms with Crippen LogP contribution in [0.3, 0.4) is 0 Å². The van der Waals surface area contributed by atoms with Crippen molar-refractivity contribution in [2.45, 2.75) is 18.6 Å². The summed E-state index contributed by atoms with van der Waals surface area (Å²) in [5.41, 5.74) is 3.34. The van der Waals surface area contributed by atoms with Crippen molar-refractivity contribution in [2.75, 3.05) is 6.61 Å². The van der Waals surface area contributed by atoms with E-state index in [9.17, 15) is 22.0 Å². The van der Waals surface area contributed by atoms with Crippen LogP contribution in [0.4, 0.5) is 22.0 Å². The first kappa shape index (κ1) is 13.9. The standard InChI is InChI=1S/C10H10F5NO/c11-8-5(3-6(16)4-17)1-2-7(9(8)12)10(13,14)15/h1-2,6,17H,3-4,16H2. The SMILES string of the molecule is NC(CO)Cc1ccc(C(F)(F)F)c(F)c1F. The second-order valence-electron chi connectivity index (χ2n) is 3.54. The summed E-state index contributed by atoms with van der Waals surface area (Å²) in [6.45, 7) is -0.470. The Bertz CT molecular complexity index is 404. The lowest BCUT2D eigenvalue weighted by Crippen LogP contribution is -2.27. The van der Waals surface area contributed by atoms with E-state index in [2.05, 4.69) is 0 Å². The highest BCUT2D eigenvalue weighted by Crippen LogP contribution is 2.33. The minimum atomic E-state index is -4.94. The maximum absolute atomic E-state index is 13.3. The molecule has 7 heteroatoms. The number of hydrogen-bond acceptors (Lipinski definition) is 2. The van der Waals surface area contributed by atoms with Crippen LogP contribution in [0.15, 0.2) is 12.1 Å². The Morgan fingerprint density at radius 1 is 1.18 bits per heavy atom. The second kappa shape index (κ2) is 4.97. The van der Waals surface area contributed by atoms with E-state index in [-0.39, 0.29) is 12.0 Å². The van der Waals surface area contributed by atoms with Gasteiger partial charge in [0.15, 0.2) is 11.6 Å². The van der Waals surface area contributed by atoms with Crippen molar-refractivity contribution in [1.82, 2.24) is 0 Å². The fraction of sp³-hybridized carbons (Fsp3) is 0.400. The lowest BCUT2D eigenvalue weighted by molar-refractivity contribution is -0.140. The van der Waals surface area contributed by atoms with Gasteiger partial charge in [0.2, 0.25) is 0 Å². The zero-order valence-electron chi connectivity index (χ0n) is 8.56. The first-order valence-electron chi connectivity index (χ1n) is 4.68. The molecule has 1 rings (SSSR count). The average molecular weight is 255 g/mol. The van der Waals surface area contributed by atoms with Crippen molar-refractivity contribution in [3.05, 3.63) is 34.9 Å². The Balaban J connectivity index is 3.11. The van der Waals surface area contributed by atoms with E-state index < -0.39 is 36.0 Å². The number of benzene rings is 1. The highest BCUT2D eigenvalue weighted by Gasteiger charge is 2.35. The van der Waals surface area contributed by atoms with Crippen molar-refractivity contribution in [3.8, 4) is 0 Å². The third-order valence-electron chi connectivity index (χ3n) is 2.18. The van der Waals surface area contributed by atoms with Crippen LogP contribution >= 0.6 is 0 Å². The maximum atomic E-state index is 13.3. The molecule has 0 aliphatic heterocycles. The fourth-order valence-electron chi connectivity index (χ4n) is 1.31. The lowest BCUT2D eigenvalue weighted by atomic mass is 10.0. The first-order chi connectivity index (χ1) is 7.77. The molecular weight excluding hydrogens is 245 g/mol. The van der Waals surface area contributed by atoms with Gasteiger partial charge in [0, 0.05) is 6.04 Å². The zero-order valence-corrected chi connectivity index (χ0v) is 8.56. The monoisotopic (exact) mass is 255 g/mol. The van der Waals surface area contributed by atoms with E-state index in [1.807, 2.05) is 0 Å². The molecule has 0 aliphatic rings. The Morgan fingerprint density at radius 2 is 1.76 bits per heavy atom. The lowest BCUT2D eigenvalue weighted by Gasteiger charge is -2.13. The summed E-state index contributed by atoms with van der Waals surface area (Å²) >= 11 is 0. The summed E-state index contributed by atoms with van der Waals surface area (Å²) in [7, 11) is 0. The van der Waals surface area contributed by atoms with Gasteiger partial charge in [-0.3, -0.25) is 0 Å². The van der Waals surface area contributed by atoms with E-state index in [1.54, 1.807) is 0 Å². The van der Waals surface area contributed by atoms with Gasteiger partial charge in [-0.1, -0.05) is 6.07 Å². The molecule has 0 spiro atoms. The third kappa shape index (κ3) is 3.13. The minimum Gasteiger partial charge on any atom is -0.395 e. The Labute approximate surface area is 93.9 Å². The molecule has 3 N–H and O–H groups in total. The Kier molecular flexibility index (Phi) is 4.05. The molecule has 0 aromatic heterocycles. The summed E-state index contributed by atoms with van der Waals surface area (Å²) in [4.78, 5) is 0. The van der Waals surface area contributed by atoms with E-state index in [0.29, 0.717) is 6.07 Å². The predicted octanol–water partition coefficient (Wildman–Crippen LogP) is 1.85. The van der Waals surface area contributed by atoms with Crippen molar-refractivity contribution < 1.29 is 27.1 Å². The van der Waals surface area contributed by atoms with Crippen LogP contribution in [0.2, 0.25) is 0 Å². The van der Waals surface area contributed by atoms with E-state index in [4.69, 9.17) is 10.8 Å². The van der Waals surface area contributed by atoms with Gasteiger partial charge >= 0.3 is 6.18 Å². The molecule has 0 saturated carbocycles. The van der Waals surface area contributed by atoms with Crippen LogP contribution < -0.4 is 5.73 Å². The molecule has 1 aromatic rings. The third-order valence-corrected chi connectivity index (χ3v) is 2.18. The summed E-state index contributed by atoms with van der Waals surface area (Å²) in [5, 5.41) is 8.62. The van der Waals surface area contributed by atoms with E-state index in [0.717, 1.165) is 6.07 Å². The van der Waals surface area contributed by atoms with Crippen LogP contribution in [-0.2, 0) is 12.6 Å². The molecule has 0 aliphatic carbocycles. The summed E-state index contributed by atoms with van der Waals surface area (Å²) in [6, 6.07) is 0.426. The first-order valence-corrected chi connectivity index (χ1v) is 4.68. The number of alkyl halides is 3. The van der Waals surface area contributed by atoms with Crippen LogP contribution in [0, 0.1) is 11.6 Å². The number of aliphatic hydroxyl groups excluding tert-OH is 1. The molecule has 1 aromatic carbocycles.